The lowest BCUT2D eigenvalue weighted by molar-refractivity contribution is -0.332. The third kappa shape index (κ3) is 34.6. The predicted octanol–water partition coefficient (Wildman–Crippen LogP) is 11.5. The van der Waals surface area contributed by atoms with E-state index in [9.17, 15) is 45.3 Å². The van der Waals surface area contributed by atoms with E-state index >= 15 is 0 Å². The molecule has 15 nitrogen and oxygen atoms in total. The van der Waals surface area contributed by atoms with Gasteiger partial charge in [-0.1, -0.05) is 258 Å². The Hall–Kier alpha value is -1.50. The molecule has 7 N–H and O–H groups in total. The molecule has 0 amide bonds. The first-order chi connectivity index (χ1) is 37.0. The highest BCUT2D eigenvalue weighted by Gasteiger charge is 2.47. The van der Waals surface area contributed by atoms with Gasteiger partial charge in [0.2, 0.25) is 0 Å². The van der Waals surface area contributed by atoms with Gasteiger partial charge >= 0.3 is 11.9 Å². The largest absolute Gasteiger partial charge is 0.462 e. The SMILES string of the molecule is CCCCCCCCCCCCCCCCCCCCCCCCC(=O)O[C@H](COC(=O)CCCCCCCCCCCCCCCCCCCC)CO[C@H]1O[C@@H](CO[C@H]2O[C@@H](CO)[C@@H](O)C(O)C2O)[C@@H](O)C(O)C1O. The number of esters is 2. The number of hydrogen-bond donors (Lipinski definition) is 7. The maximum Gasteiger partial charge on any atom is 0.306 e. The molecule has 11 atom stereocenters. The number of aliphatic hydroxyl groups is 7. The van der Waals surface area contributed by atoms with Crippen LogP contribution >= 0.6 is 0 Å². The van der Waals surface area contributed by atoms with E-state index in [1.54, 1.807) is 0 Å². The normalized spacial score (nSPS) is 24.2. The summed E-state index contributed by atoms with van der Waals surface area (Å²) in [5.74, 6) is -0.900. The summed E-state index contributed by atoms with van der Waals surface area (Å²) >= 11 is 0. The highest BCUT2D eigenvalue weighted by atomic mass is 16.7. The molecule has 2 heterocycles. The lowest BCUT2D eigenvalue weighted by Gasteiger charge is -2.42. The molecule has 2 saturated heterocycles. The van der Waals surface area contributed by atoms with Crippen molar-refractivity contribution in [3.63, 3.8) is 0 Å². The third-order valence-corrected chi connectivity index (χ3v) is 15.6. The molecule has 0 bridgehead atoms. The molecule has 2 rings (SSSR count). The van der Waals surface area contributed by atoms with Crippen molar-refractivity contribution in [3.8, 4) is 0 Å². The number of hydrogen-bond acceptors (Lipinski definition) is 15. The van der Waals surface area contributed by atoms with Crippen molar-refractivity contribution in [3.05, 3.63) is 0 Å². The van der Waals surface area contributed by atoms with Gasteiger partial charge in [0.1, 0.15) is 55.4 Å². The van der Waals surface area contributed by atoms with Crippen LogP contribution in [-0.4, -0.2) is 142 Å². The highest BCUT2D eigenvalue weighted by Crippen LogP contribution is 2.27. The van der Waals surface area contributed by atoms with Gasteiger partial charge in [-0.05, 0) is 12.8 Å². The first kappa shape index (κ1) is 70.6. The second-order valence-corrected chi connectivity index (χ2v) is 22.6. The van der Waals surface area contributed by atoms with Gasteiger partial charge in [0, 0.05) is 12.8 Å². The molecule has 0 saturated carbocycles. The van der Waals surface area contributed by atoms with Gasteiger partial charge in [0.05, 0.1) is 19.8 Å². The van der Waals surface area contributed by atoms with Crippen LogP contribution in [0.1, 0.15) is 284 Å². The van der Waals surface area contributed by atoms with Crippen LogP contribution in [0.25, 0.3) is 0 Å². The molecular weight excluding hydrogens is 973 g/mol. The van der Waals surface area contributed by atoms with Crippen LogP contribution in [0.2, 0.25) is 0 Å². The minimum atomic E-state index is -1.76. The van der Waals surface area contributed by atoms with Gasteiger partial charge < -0.3 is 64.2 Å². The van der Waals surface area contributed by atoms with E-state index < -0.39 is 92.7 Å². The fraction of sp³-hybridized carbons (Fsp3) is 0.967. The van der Waals surface area contributed by atoms with Crippen molar-refractivity contribution in [2.75, 3.05) is 26.4 Å². The van der Waals surface area contributed by atoms with E-state index in [1.807, 2.05) is 0 Å². The van der Waals surface area contributed by atoms with Gasteiger partial charge in [-0.2, -0.15) is 0 Å². The van der Waals surface area contributed by atoms with Crippen LogP contribution in [0, 0.1) is 0 Å². The van der Waals surface area contributed by atoms with Gasteiger partial charge in [-0.25, -0.2) is 0 Å². The predicted molar refractivity (Wildman–Crippen MR) is 298 cm³/mol. The summed E-state index contributed by atoms with van der Waals surface area (Å²) in [6.45, 7) is 2.68. The van der Waals surface area contributed by atoms with Crippen LogP contribution in [0.4, 0.5) is 0 Å². The summed E-state index contributed by atoms with van der Waals surface area (Å²) in [5, 5.41) is 72.4. The second-order valence-electron chi connectivity index (χ2n) is 22.6. The second kappa shape index (κ2) is 48.2. The lowest BCUT2D eigenvalue weighted by atomic mass is 9.98. The zero-order valence-electron chi connectivity index (χ0n) is 48.3. The number of aliphatic hydroxyl groups excluding tert-OH is 7. The molecule has 2 fully saturated rings. The fourth-order valence-corrected chi connectivity index (χ4v) is 10.5. The third-order valence-electron chi connectivity index (χ3n) is 15.6. The van der Waals surface area contributed by atoms with Gasteiger partial charge in [0.25, 0.3) is 0 Å². The molecule has 0 aromatic carbocycles. The van der Waals surface area contributed by atoms with E-state index in [0.717, 1.165) is 38.5 Å². The molecule has 0 aromatic heterocycles. The number of unbranched alkanes of at least 4 members (excludes halogenated alkanes) is 38. The van der Waals surface area contributed by atoms with Crippen molar-refractivity contribution in [2.45, 2.75) is 351 Å². The van der Waals surface area contributed by atoms with E-state index in [2.05, 4.69) is 13.8 Å². The molecule has 4 unspecified atom stereocenters. The van der Waals surface area contributed by atoms with E-state index in [1.165, 1.54) is 205 Å². The van der Waals surface area contributed by atoms with Crippen molar-refractivity contribution >= 4 is 11.9 Å². The van der Waals surface area contributed by atoms with E-state index in [4.69, 9.17) is 28.4 Å². The van der Waals surface area contributed by atoms with E-state index in [-0.39, 0.29) is 26.1 Å². The van der Waals surface area contributed by atoms with Crippen LogP contribution in [0.3, 0.4) is 0 Å². The maximum absolute atomic E-state index is 13.1. The molecule has 15 heteroatoms. The Morgan fingerprint density at radius 2 is 0.671 bits per heavy atom. The first-order valence-electron chi connectivity index (χ1n) is 31.6. The van der Waals surface area contributed by atoms with Crippen LogP contribution in [0.15, 0.2) is 0 Å². The first-order valence-corrected chi connectivity index (χ1v) is 31.6. The Kier molecular flexibility index (Phi) is 44.8. The summed E-state index contributed by atoms with van der Waals surface area (Å²) < 4.78 is 33.8. The smallest absolute Gasteiger partial charge is 0.306 e. The van der Waals surface area contributed by atoms with Crippen molar-refractivity contribution in [1.82, 2.24) is 0 Å². The van der Waals surface area contributed by atoms with Crippen molar-refractivity contribution in [1.29, 1.82) is 0 Å². The average molecular weight is 1090 g/mol. The topological polar surface area (TPSA) is 231 Å². The molecule has 0 aromatic rings. The Morgan fingerprint density at radius 1 is 0.368 bits per heavy atom. The zero-order valence-corrected chi connectivity index (χ0v) is 48.3. The van der Waals surface area contributed by atoms with Gasteiger partial charge in [0.15, 0.2) is 18.7 Å². The average Bonchev–Trinajstić information content (AvgIpc) is 3.41. The lowest BCUT2D eigenvalue weighted by Crippen LogP contribution is -2.61. The summed E-state index contributed by atoms with van der Waals surface area (Å²) in [5.41, 5.74) is 0. The summed E-state index contributed by atoms with van der Waals surface area (Å²) in [7, 11) is 0. The number of carbonyl (C=O) groups is 2. The van der Waals surface area contributed by atoms with Gasteiger partial charge in [-0.3, -0.25) is 9.59 Å². The monoisotopic (exact) mass is 1090 g/mol. The summed E-state index contributed by atoms with van der Waals surface area (Å²) in [4.78, 5) is 26.0. The van der Waals surface area contributed by atoms with Crippen LogP contribution in [-0.2, 0) is 38.0 Å². The molecule has 2 aliphatic rings. The molecule has 0 aliphatic carbocycles. The Labute approximate surface area is 461 Å². The number of carbonyl (C=O) groups excluding carboxylic acids is 2. The zero-order chi connectivity index (χ0) is 55.3. The molecule has 450 valence electrons. The Morgan fingerprint density at radius 3 is 1.03 bits per heavy atom. The highest BCUT2D eigenvalue weighted by molar-refractivity contribution is 5.70. The number of ether oxygens (including phenoxy) is 6. The van der Waals surface area contributed by atoms with Crippen molar-refractivity contribution in [2.24, 2.45) is 0 Å². The molecular formula is C61H116O15. The minimum absolute atomic E-state index is 0.174. The summed E-state index contributed by atoms with van der Waals surface area (Å²) in [6.07, 6.45) is 34.1. The Bertz CT molecular complexity index is 1320. The molecule has 76 heavy (non-hydrogen) atoms. The summed E-state index contributed by atoms with van der Waals surface area (Å²) in [6, 6.07) is 0. The fourth-order valence-electron chi connectivity index (χ4n) is 10.5. The molecule has 0 spiro atoms. The van der Waals surface area contributed by atoms with Crippen LogP contribution in [0.5, 0.6) is 0 Å². The molecule has 0 radical (unpaired) electrons. The standard InChI is InChI=1S/C61H116O15/c1-3-5-7-9-11-13-15-17-19-21-23-24-25-26-28-30-32-34-36-38-40-42-44-53(64)74-49(46-71-52(63)43-41-39-37-35-33-31-29-27-22-20-18-16-14-12-10-8-6-4-2)47-72-60-59(70)57(68)55(66)51(76-60)48-73-61-58(69)56(67)54(65)50(45-62)75-61/h49-51,54-62,65-70H,3-48H2,1-2H3/t49-,50+,51+,54-,55-,56?,57?,58?,59?,60+,61+/m1/s1. The van der Waals surface area contributed by atoms with Crippen molar-refractivity contribution < 1.29 is 73.8 Å². The minimum Gasteiger partial charge on any atom is -0.462 e. The number of rotatable bonds is 52. The maximum atomic E-state index is 13.1. The Balaban J connectivity index is 1.70. The quantitative estimate of drug-likeness (QED) is 0.0222. The van der Waals surface area contributed by atoms with Gasteiger partial charge in [-0.15, -0.1) is 0 Å². The van der Waals surface area contributed by atoms with Crippen LogP contribution < -0.4 is 0 Å². The van der Waals surface area contributed by atoms with E-state index in [0.29, 0.717) is 12.8 Å². The molecule has 2 aliphatic heterocycles.